The SMILES string of the molecule is CN(CCF)C(=O)c1cnn(C)c1-c1ccn2nc(N3CCOCC3)nc2c1.NC=O. The van der Waals surface area contributed by atoms with Gasteiger partial charge in [-0.25, -0.2) is 8.91 Å². The van der Waals surface area contributed by atoms with E-state index in [9.17, 15) is 9.18 Å². The Labute approximate surface area is 178 Å². The maximum absolute atomic E-state index is 12.7. The van der Waals surface area contributed by atoms with Gasteiger partial charge < -0.3 is 20.3 Å². The van der Waals surface area contributed by atoms with E-state index in [1.807, 2.05) is 18.3 Å². The minimum absolute atomic E-state index is 0.0410. The van der Waals surface area contributed by atoms with Gasteiger partial charge in [-0.1, -0.05) is 0 Å². The molecule has 3 aromatic rings. The first-order chi connectivity index (χ1) is 15.0. The maximum atomic E-state index is 12.7. The second-order valence-electron chi connectivity index (χ2n) is 6.81. The van der Waals surface area contributed by atoms with Gasteiger partial charge in [0.05, 0.1) is 30.7 Å². The van der Waals surface area contributed by atoms with Crippen molar-refractivity contribution in [3.05, 3.63) is 30.1 Å². The number of hydrogen-bond donors (Lipinski definition) is 1. The standard InChI is InChI=1S/C18H22FN7O2.CH3NO/c1-23(6-4-19)17(27)14-12-20-24(2)16(14)13-3-5-26-15(11-13)21-18(22-26)25-7-9-28-10-8-25;2-1-3/h3,5,11-12H,4,6-10H2,1-2H3;1H,(H2,2,3). The van der Waals surface area contributed by atoms with Crippen molar-refractivity contribution in [2.24, 2.45) is 12.8 Å². The molecular weight excluding hydrogens is 407 g/mol. The number of aromatic nitrogens is 5. The molecule has 4 rings (SSSR count). The van der Waals surface area contributed by atoms with E-state index in [0.29, 0.717) is 36.1 Å². The highest BCUT2D eigenvalue weighted by molar-refractivity contribution is 6.00. The van der Waals surface area contributed by atoms with Crippen LogP contribution in [-0.4, -0.2) is 88.2 Å². The molecule has 0 bridgehead atoms. The third kappa shape index (κ3) is 4.79. The third-order valence-corrected chi connectivity index (χ3v) is 4.83. The average molecular weight is 432 g/mol. The van der Waals surface area contributed by atoms with Crippen LogP contribution in [0.4, 0.5) is 10.3 Å². The van der Waals surface area contributed by atoms with Crippen LogP contribution in [0.2, 0.25) is 0 Å². The molecule has 3 aromatic heterocycles. The van der Waals surface area contributed by atoms with Crippen LogP contribution in [-0.2, 0) is 16.6 Å². The van der Waals surface area contributed by atoms with Crippen molar-refractivity contribution < 1.29 is 18.7 Å². The van der Waals surface area contributed by atoms with E-state index in [1.54, 1.807) is 23.3 Å². The zero-order valence-corrected chi connectivity index (χ0v) is 17.4. The summed E-state index contributed by atoms with van der Waals surface area (Å²) in [5, 5.41) is 8.75. The molecule has 4 heterocycles. The molecule has 1 aliphatic rings. The summed E-state index contributed by atoms with van der Waals surface area (Å²) in [6.07, 6.45) is 3.58. The molecule has 0 atom stereocenters. The Balaban J connectivity index is 0.000000858. The fraction of sp³-hybridized carbons (Fsp3) is 0.421. The molecule has 1 saturated heterocycles. The molecule has 0 radical (unpaired) electrons. The number of aryl methyl sites for hydroxylation is 1. The first-order valence-electron chi connectivity index (χ1n) is 9.68. The number of alkyl halides is 1. The quantitative estimate of drug-likeness (QED) is 0.568. The molecule has 0 unspecified atom stereocenters. The average Bonchev–Trinajstić information content (AvgIpc) is 3.37. The highest BCUT2D eigenvalue weighted by atomic mass is 19.1. The molecule has 1 aliphatic heterocycles. The first kappa shape index (κ1) is 22.2. The van der Waals surface area contributed by atoms with Crippen molar-refractivity contribution >= 4 is 23.9 Å². The Morgan fingerprint density at radius 3 is 2.77 bits per heavy atom. The number of fused-ring (bicyclic) bond motifs is 1. The molecule has 1 fully saturated rings. The lowest BCUT2D eigenvalue weighted by Crippen LogP contribution is -2.36. The van der Waals surface area contributed by atoms with Crippen molar-refractivity contribution in [3.8, 4) is 11.3 Å². The summed E-state index contributed by atoms with van der Waals surface area (Å²) in [4.78, 5) is 29.3. The number of halogens is 1. The van der Waals surface area contributed by atoms with Gasteiger partial charge in [0.1, 0.15) is 6.67 Å². The summed E-state index contributed by atoms with van der Waals surface area (Å²) in [7, 11) is 3.35. The van der Waals surface area contributed by atoms with E-state index < -0.39 is 6.67 Å². The van der Waals surface area contributed by atoms with Crippen molar-refractivity contribution in [1.82, 2.24) is 29.3 Å². The largest absolute Gasteiger partial charge is 0.378 e. The van der Waals surface area contributed by atoms with Gasteiger partial charge in [0.25, 0.3) is 5.91 Å². The number of pyridine rings is 1. The Hall–Kier alpha value is -3.54. The van der Waals surface area contributed by atoms with Gasteiger partial charge in [0, 0.05) is 45.5 Å². The molecule has 31 heavy (non-hydrogen) atoms. The van der Waals surface area contributed by atoms with Crippen LogP contribution in [0.25, 0.3) is 16.9 Å². The first-order valence-corrected chi connectivity index (χ1v) is 9.68. The second-order valence-corrected chi connectivity index (χ2v) is 6.81. The summed E-state index contributed by atoms with van der Waals surface area (Å²) in [5.74, 6) is 0.389. The molecule has 11 nitrogen and oxygen atoms in total. The van der Waals surface area contributed by atoms with E-state index in [0.717, 1.165) is 18.7 Å². The lowest BCUT2D eigenvalue weighted by molar-refractivity contribution is -0.106. The molecule has 0 aliphatic carbocycles. The summed E-state index contributed by atoms with van der Waals surface area (Å²) in [5.41, 5.74) is 6.73. The van der Waals surface area contributed by atoms with E-state index >= 15 is 0 Å². The number of morpholine rings is 1. The topological polar surface area (TPSA) is 124 Å². The molecule has 2 N–H and O–H groups in total. The van der Waals surface area contributed by atoms with Crippen LogP contribution >= 0.6 is 0 Å². The van der Waals surface area contributed by atoms with Crippen molar-refractivity contribution in [3.63, 3.8) is 0 Å². The number of primary amides is 1. The minimum atomic E-state index is -0.589. The zero-order chi connectivity index (χ0) is 22.4. The Bertz CT molecular complexity index is 1040. The number of anilines is 1. The van der Waals surface area contributed by atoms with Gasteiger partial charge in [-0.15, -0.1) is 5.10 Å². The van der Waals surface area contributed by atoms with Gasteiger partial charge in [0.15, 0.2) is 5.65 Å². The Morgan fingerprint density at radius 1 is 1.39 bits per heavy atom. The fourth-order valence-corrected chi connectivity index (χ4v) is 3.28. The third-order valence-electron chi connectivity index (χ3n) is 4.83. The Morgan fingerprint density at radius 2 is 2.10 bits per heavy atom. The van der Waals surface area contributed by atoms with Crippen molar-refractivity contribution in [2.45, 2.75) is 0 Å². The number of ether oxygens (including phenoxy) is 1. The van der Waals surface area contributed by atoms with Crippen LogP contribution in [0.5, 0.6) is 0 Å². The highest BCUT2D eigenvalue weighted by Crippen LogP contribution is 2.25. The number of carbonyl (C=O) groups is 2. The van der Waals surface area contributed by atoms with E-state index in [1.165, 1.54) is 11.1 Å². The smallest absolute Gasteiger partial charge is 0.257 e. The summed E-state index contributed by atoms with van der Waals surface area (Å²) in [6, 6.07) is 3.74. The summed E-state index contributed by atoms with van der Waals surface area (Å²) < 4.78 is 21.4. The maximum Gasteiger partial charge on any atom is 0.257 e. The fourth-order valence-electron chi connectivity index (χ4n) is 3.28. The molecule has 12 heteroatoms. The summed E-state index contributed by atoms with van der Waals surface area (Å²) in [6.45, 7) is 2.28. The van der Waals surface area contributed by atoms with Crippen LogP contribution < -0.4 is 10.6 Å². The molecule has 0 saturated carbocycles. The number of carbonyl (C=O) groups excluding carboxylic acids is 2. The van der Waals surface area contributed by atoms with Gasteiger partial charge in [-0.05, 0) is 12.1 Å². The molecule has 2 amide bonds. The highest BCUT2D eigenvalue weighted by Gasteiger charge is 2.22. The lowest BCUT2D eigenvalue weighted by Gasteiger charge is -2.25. The number of amides is 2. The van der Waals surface area contributed by atoms with E-state index in [-0.39, 0.29) is 18.9 Å². The van der Waals surface area contributed by atoms with Gasteiger partial charge >= 0.3 is 0 Å². The number of hydrogen-bond acceptors (Lipinski definition) is 7. The van der Waals surface area contributed by atoms with Crippen LogP contribution in [0.1, 0.15) is 10.4 Å². The van der Waals surface area contributed by atoms with Gasteiger partial charge in [-0.3, -0.25) is 14.3 Å². The van der Waals surface area contributed by atoms with Crippen molar-refractivity contribution in [1.29, 1.82) is 0 Å². The summed E-state index contributed by atoms with van der Waals surface area (Å²) >= 11 is 0. The van der Waals surface area contributed by atoms with E-state index in [4.69, 9.17) is 9.53 Å². The van der Waals surface area contributed by atoms with Crippen molar-refractivity contribution in [2.75, 3.05) is 51.5 Å². The number of nitrogens with two attached hydrogens (primary N) is 1. The molecule has 0 spiro atoms. The monoisotopic (exact) mass is 432 g/mol. The van der Waals surface area contributed by atoms with E-state index in [2.05, 4.69) is 25.8 Å². The van der Waals surface area contributed by atoms with Gasteiger partial charge in [-0.2, -0.15) is 10.1 Å². The predicted molar refractivity (Wildman–Crippen MR) is 111 cm³/mol. The number of nitrogens with zero attached hydrogens (tertiary/aromatic N) is 7. The normalized spacial score (nSPS) is 13.6. The van der Waals surface area contributed by atoms with Crippen LogP contribution in [0.15, 0.2) is 24.5 Å². The second kappa shape index (κ2) is 9.98. The van der Waals surface area contributed by atoms with Crippen LogP contribution in [0, 0.1) is 0 Å². The molecule has 166 valence electrons. The molecule has 0 aromatic carbocycles. The molecular formula is C19H25FN8O3. The number of rotatable bonds is 5. The van der Waals surface area contributed by atoms with Crippen LogP contribution in [0.3, 0.4) is 0 Å². The Kier molecular flexibility index (Phi) is 7.13. The minimum Gasteiger partial charge on any atom is -0.378 e. The predicted octanol–water partition coefficient (Wildman–Crippen LogP) is 0.109. The lowest BCUT2D eigenvalue weighted by atomic mass is 10.1. The zero-order valence-electron chi connectivity index (χ0n) is 17.4. The van der Waals surface area contributed by atoms with Gasteiger partial charge in [0.2, 0.25) is 12.4 Å².